The number of amides is 1. The van der Waals surface area contributed by atoms with Gasteiger partial charge in [0.15, 0.2) is 0 Å². The molecule has 2 atom stereocenters. The zero-order valence-electron chi connectivity index (χ0n) is 15.1. The number of rotatable bonds is 7. The van der Waals surface area contributed by atoms with Crippen LogP contribution >= 0.6 is 0 Å². The fraction of sp³-hybridized carbons (Fsp3) is 0.650. The second-order valence-corrected chi connectivity index (χ2v) is 7.40. The quantitative estimate of drug-likeness (QED) is 0.744. The number of nitrogens with two attached hydrogens (primary N) is 1. The molecule has 0 aromatic heterocycles. The van der Waals surface area contributed by atoms with E-state index in [0.717, 1.165) is 24.2 Å². The number of carbonyl (C=O) groups is 1. The van der Waals surface area contributed by atoms with Crippen LogP contribution in [0.4, 0.5) is 0 Å². The molecule has 1 aromatic rings. The molecular weight excluding hydrogens is 316 g/mol. The highest BCUT2D eigenvalue weighted by atomic mass is 16.5. The maximum absolute atomic E-state index is 12.6. The molecule has 1 amide bonds. The van der Waals surface area contributed by atoms with Crippen molar-refractivity contribution in [1.82, 2.24) is 5.32 Å². The zero-order chi connectivity index (χ0) is 17.6. The van der Waals surface area contributed by atoms with Gasteiger partial charge in [0.2, 0.25) is 5.91 Å². The molecule has 0 radical (unpaired) electrons. The van der Waals surface area contributed by atoms with Gasteiger partial charge in [0.1, 0.15) is 12.4 Å². The molecule has 25 heavy (non-hydrogen) atoms. The van der Waals surface area contributed by atoms with Crippen molar-refractivity contribution in [3.63, 3.8) is 0 Å². The Kier molecular flexibility index (Phi) is 6.32. The first-order valence-corrected chi connectivity index (χ1v) is 9.41. The predicted octanol–water partition coefficient (Wildman–Crippen LogP) is 2.48. The predicted molar refractivity (Wildman–Crippen MR) is 97.2 cm³/mol. The van der Waals surface area contributed by atoms with Crippen LogP contribution in [0, 0.1) is 17.8 Å². The molecule has 2 unspecified atom stereocenters. The van der Waals surface area contributed by atoms with Crippen molar-refractivity contribution in [1.29, 1.82) is 0 Å². The van der Waals surface area contributed by atoms with Crippen molar-refractivity contribution in [2.45, 2.75) is 44.7 Å². The summed E-state index contributed by atoms with van der Waals surface area (Å²) in [7, 11) is 1.66. The van der Waals surface area contributed by atoms with Crippen LogP contribution in [-0.4, -0.2) is 32.3 Å². The summed E-state index contributed by atoms with van der Waals surface area (Å²) >= 11 is 0. The van der Waals surface area contributed by atoms with Gasteiger partial charge in [-0.1, -0.05) is 18.6 Å². The number of hydrogen-bond acceptors (Lipinski definition) is 4. The highest BCUT2D eigenvalue weighted by Crippen LogP contribution is 2.41. The Morgan fingerprint density at radius 2 is 1.84 bits per heavy atom. The molecule has 5 heteroatoms. The molecular formula is C20H30N2O3. The zero-order valence-corrected chi connectivity index (χ0v) is 15.1. The van der Waals surface area contributed by atoms with Gasteiger partial charge in [0, 0.05) is 25.6 Å². The Morgan fingerprint density at radius 1 is 1.16 bits per heavy atom. The third kappa shape index (κ3) is 4.73. The lowest BCUT2D eigenvalue weighted by Gasteiger charge is -2.43. The minimum Gasteiger partial charge on any atom is -0.491 e. The fourth-order valence-corrected chi connectivity index (χ4v) is 4.28. The summed E-state index contributed by atoms with van der Waals surface area (Å²) in [5.41, 5.74) is 7.40. The molecule has 3 N–H and O–H groups in total. The van der Waals surface area contributed by atoms with E-state index < -0.39 is 0 Å². The van der Waals surface area contributed by atoms with Gasteiger partial charge in [0.05, 0.1) is 6.61 Å². The lowest BCUT2D eigenvalue weighted by atomic mass is 9.65. The number of fused-ring (bicyclic) bond motifs is 2. The number of carbonyl (C=O) groups excluding carboxylic acids is 1. The molecule has 2 bridgehead atoms. The van der Waals surface area contributed by atoms with Crippen molar-refractivity contribution < 1.29 is 14.3 Å². The lowest BCUT2D eigenvalue weighted by Crippen LogP contribution is -2.49. The molecule has 2 aliphatic rings. The Labute approximate surface area is 150 Å². The summed E-state index contributed by atoms with van der Waals surface area (Å²) < 4.78 is 10.5. The highest BCUT2D eigenvalue weighted by molar-refractivity contribution is 5.78. The van der Waals surface area contributed by atoms with Gasteiger partial charge >= 0.3 is 0 Å². The SMILES string of the molecule is COCCOc1ccc(CNC(=O)C2CC3CCCC(C2)C3N)cc1. The van der Waals surface area contributed by atoms with Crippen LogP contribution in [0.1, 0.15) is 37.7 Å². The highest BCUT2D eigenvalue weighted by Gasteiger charge is 2.40. The minimum atomic E-state index is 0.131. The molecule has 5 nitrogen and oxygen atoms in total. The summed E-state index contributed by atoms with van der Waals surface area (Å²) in [6, 6.07) is 8.16. The first kappa shape index (κ1) is 18.2. The van der Waals surface area contributed by atoms with Gasteiger partial charge in [-0.25, -0.2) is 0 Å². The maximum Gasteiger partial charge on any atom is 0.223 e. The topological polar surface area (TPSA) is 73.6 Å². The van der Waals surface area contributed by atoms with Crippen LogP contribution in [0.3, 0.4) is 0 Å². The van der Waals surface area contributed by atoms with Crippen LogP contribution in [0.2, 0.25) is 0 Å². The lowest BCUT2D eigenvalue weighted by molar-refractivity contribution is -0.128. The van der Waals surface area contributed by atoms with Crippen molar-refractivity contribution in [3.05, 3.63) is 29.8 Å². The average molecular weight is 346 g/mol. The Balaban J connectivity index is 1.46. The van der Waals surface area contributed by atoms with E-state index in [1.165, 1.54) is 19.3 Å². The molecule has 1 aromatic carbocycles. The van der Waals surface area contributed by atoms with Crippen LogP contribution < -0.4 is 15.8 Å². The summed E-state index contributed by atoms with van der Waals surface area (Å²) in [6.07, 6.45) is 5.56. The van der Waals surface area contributed by atoms with Gasteiger partial charge in [-0.05, 0) is 55.2 Å². The maximum atomic E-state index is 12.6. The molecule has 2 saturated carbocycles. The van der Waals surface area contributed by atoms with Crippen molar-refractivity contribution >= 4 is 5.91 Å². The average Bonchev–Trinajstić information content (AvgIpc) is 2.61. The number of methoxy groups -OCH3 is 1. The van der Waals surface area contributed by atoms with E-state index in [2.05, 4.69) is 5.32 Å². The van der Waals surface area contributed by atoms with E-state index in [9.17, 15) is 4.79 Å². The first-order chi connectivity index (χ1) is 12.2. The third-order valence-corrected chi connectivity index (χ3v) is 5.73. The largest absolute Gasteiger partial charge is 0.491 e. The Bertz CT molecular complexity index is 547. The molecule has 0 spiro atoms. The third-order valence-electron chi connectivity index (χ3n) is 5.73. The monoisotopic (exact) mass is 346 g/mol. The number of ether oxygens (including phenoxy) is 2. The smallest absolute Gasteiger partial charge is 0.223 e. The van der Waals surface area contributed by atoms with Crippen molar-refractivity contribution in [2.24, 2.45) is 23.5 Å². The van der Waals surface area contributed by atoms with E-state index >= 15 is 0 Å². The van der Waals surface area contributed by atoms with Crippen LogP contribution in [0.25, 0.3) is 0 Å². The van der Waals surface area contributed by atoms with Gasteiger partial charge < -0.3 is 20.5 Å². The number of nitrogens with one attached hydrogen (secondary N) is 1. The van der Waals surface area contributed by atoms with E-state index in [1.54, 1.807) is 7.11 Å². The molecule has 0 saturated heterocycles. The first-order valence-electron chi connectivity index (χ1n) is 9.41. The summed E-state index contributed by atoms with van der Waals surface area (Å²) in [6.45, 7) is 1.68. The Hall–Kier alpha value is -1.59. The summed E-state index contributed by atoms with van der Waals surface area (Å²) in [4.78, 5) is 12.6. The molecule has 0 aliphatic heterocycles. The molecule has 138 valence electrons. The van der Waals surface area contributed by atoms with Crippen LogP contribution in [-0.2, 0) is 16.1 Å². The van der Waals surface area contributed by atoms with E-state index in [-0.39, 0.29) is 11.8 Å². The van der Waals surface area contributed by atoms with Crippen LogP contribution in [0.15, 0.2) is 24.3 Å². The van der Waals surface area contributed by atoms with E-state index in [0.29, 0.717) is 37.6 Å². The molecule has 2 aliphatic carbocycles. The molecule has 0 heterocycles. The molecule has 2 fully saturated rings. The number of benzene rings is 1. The van der Waals surface area contributed by atoms with Gasteiger partial charge in [-0.15, -0.1) is 0 Å². The summed E-state index contributed by atoms with van der Waals surface area (Å²) in [5.74, 6) is 2.20. The second kappa shape index (κ2) is 8.68. The molecule has 3 rings (SSSR count). The second-order valence-electron chi connectivity index (χ2n) is 7.40. The normalized spacial score (nSPS) is 28.4. The fourth-order valence-electron chi connectivity index (χ4n) is 4.28. The van der Waals surface area contributed by atoms with Crippen molar-refractivity contribution in [3.8, 4) is 5.75 Å². The minimum absolute atomic E-state index is 0.131. The van der Waals surface area contributed by atoms with Gasteiger partial charge in [-0.2, -0.15) is 0 Å². The van der Waals surface area contributed by atoms with E-state index in [1.807, 2.05) is 24.3 Å². The van der Waals surface area contributed by atoms with Crippen LogP contribution in [0.5, 0.6) is 5.75 Å². The van der Waals surface area contributed by atoms with Gasteiger partial charge in [0.25, 0.3) is 0 Å². The van der Waals surface area contributed by atoms with E-state index in [4.69, 9.17) is 15.2 Å². The summed E-state index contributed by atoms with van der Waals surface area (Å²) in [5, 5.41) is 3.10. The van der Waals surface area contributed by atoms with Crippen molar-refractivity contribution in [2.75, 3.05) is 20.3 Å². The van der Waals surface area contributed by atoms with Gasteiger partial charge in [-0.3, -0.25) is 4.79 Å². The standard InChI is InChI=1S/C20H30N2O3/c1-24-9-10-25-18-7-5-14(6-8-18)13-22-20(23)17-11-15-3-2-4-16(12-17)19(15)21/h5-8,15-17,19H,2-4,9-13,21H2,1H3,(H,22,23). The Morgan fingerprint density at radius 3 is 2.48 bits per heavy atom. The number of hydrogen-bond donors (Lipinski definition) is 2.